The summed E-state index contributed by atoms with van der Waals surface area (Å²) in [7, 11) is 0. The van der Waals surface area contributed by atoms with Crippen molar-refractivity contribution in [3.8, 4) is 11.8 Å². The third kappa shape index (κ3) is 7.71. The van der Waals surface area contributed by atoms with Crippen LogP contribution in [0.4, 0.5) is 34.6 Å². The molecular weight excluding hydrogens is 660 g/mol. The summed E-state index contributed by atoms with van der Waals surface area (Å²) in [5, 5.41) is 26.1. The number of likely N-dealkylation sites (tertiary alicyclic amines) is 1. The van der Waals surface area contributed by atoms with Gasteiger partial charge < -0.3 is 15.4 Å². The zero-order valence-electron chi connectivity index (χ0n) is 26.9. The van der Waals surface area contributed by atoms with Gasteiger partial charge in [0.2, 0.25) is 0 Å². The number of aromatic nitrogens is 4. The van der Waals surface area contributed by atoms with Crippen LogP contribution in [0.25, 0.3) is 10.9 Å². The smallest absolute Gasteiger partial charge is 0.403 e. The number of hydrogen-bond acceptors (Lipinski definition) is 8. The van der Waals surface area contributed by atoms with Gasteiger partial charge in [0.05, 0.1) is 40.1 Å². The second kappa shape index (κ2) is 13.5. The van der Waals surface area contributed by atoms with Gasteiger partial charge in [0.15, 0.2) is 11.6 Å². The van der Waals surface area contributed by atoms with Crippen molar-refractivity contribution in [1.29, 1.82) is 5.26 Å². The molecule has 0 radical (unpaired) electrons. The van der Waals surface area contributed by atoms with E-state index in [4.69, 9.17) is 11.6 Å². The molecule has 9 nitrogen and oxygen atoms in total. The van der Waals surface area contributed by atoms with Crippen molar-refractivity contribution in [2.75, 3.05) is 23.7 Å². The highest BCUT2D eigenvalue weighted by Gasteiger charge is 2.33. The van der Waals surface area contributed by atoms with Crippen molar-refractivity contribution in [2.24, 2.45) is 0 Å². The summed E-state index contributed by atoms with van der Waals surface area (Å²) in [5.41, 5.74) is 2.95. The van der Waals surface area contributed by atoms with Crippen molar-refractivity contribution in [1.82, 2.24) is 24.9 Å². The highest BCUT2D eigenvalue weighted by Crippen LogP contribution is 2.38. The van der Waals surface area contributed by atoms with Crippen molar-refractivity contribution < 1.29 is 22.3 Å². The molecule has 3 heterocycles. The maximum atomic E-state index is 14.2. The van der Waals surface area contributed by atoms with E-state index in [1.54, 1.807) is 12.1 Å². The minimum atomic E-state index is -5.10. The average molecular weight is 693 g/mol. The number of alkyl halides is 3. The number of rotatable bonds is 8. The fraction of sp³-hybridized carbons (Fsp3) is 0.314. The Morgan fingerprint density at radius 3 is 2.43 bits per heavy atom. The van der Waals surface area contributed by atoms with Gasteiger partial charge in [0.25, 0.3) is 0 Å². The second-order valence-electron chi connectivity index (χ2n) is 12.8. The van der Waals surface area contributed by atoms with Gasteiger partial charge in [-0.2, -0.15) is 5.26 Å². The quantitative estimate of drug-likeness (QED) is 0.156. The molecule has 14 heteroatoms. The largest absolute Gasteiger partial charge is 0.573 e. The Morgan fingerprint density at radius 2 is 1.76 bits per heavy atom. The van der Waals surface area contributed by atoms with Crippen LogP contribution in [0.5, 0.6) is 5.75 Å². The van der Waals surface area contributed by atoms with Crippen LogP contribution in [0, 0.1) is 17.1 Å². The van der Waals surface area contributed by atoms with E-state index < -0.39 is 24.0 Å². The summed E-state index contributed by atoms with van der Waals surface area (Å²) < 4.78 is 58.6. The summed E-state index contributed by atoms with van der Waals surface area (Å²) >= 11 is 6.73. The number of fused-ring (bicyclic) bond motifs is 1. The molecule has 5 aromatic rings. The van der Waals surface area contributed by atoms with E-state index in [-0.39, 0.29) is 33.5 Å². The molecule has 1 saturated heterocycles. The normalized spacial score (nSPS) is 15.2. The lowest BCUT2D eigenvalue weighted by Gasteiger charge is -2.40. The summed E-state index contributed by atoms with van der Waals surface area (Å²) in [5.74, 6) is -2.22. The maximum absolute atomic E-state index is 14.2. The topological polar surface area (TPSA) is 104 Å². The van der Waals surface area contributed by atoms with Crippen LogP contribution in [0.3, 0.4) is 0 Å². The van der Waals surface area contributed by atoms with Crippen LogP contribution in [-0.2, 0) is 0 Å². The maximum Gasteiger partial charge on any atom is 0.573 e. The van der Waals surface area contributed by atoms with Crippen molar-refractivity contribution in [3.63, 3.8) is 0 Å². The summed E-state index contributed by atoms with van der Waals surface area (Å²) in [6.45, 7) is 8.58. The first kappa shape index (κ1) is 34.0. The number of ether oxygens (including phenoxy) is 1. The molecule has 254 valence electrons. The molecule has 0 saturated carbocycles. The predicted octanol–water partition coefficient (Wildman–Crippen LogP) is 8.77. The van der Waals surface area contributed by atoms with Crippen molar-refractivity contribution in [2.45, 2.75) is 57.6 Å². The predicted molar refractivity (Wildman–Crippen MR) is 179 cm³/mol. The molecule has 0 bridgehead atoms. The fourth-order valence-corrected chi connectivity index (χ4v) is 6.30. The molecule has 1 aliphatic heterocycles. The SMILES string of the molecule is CC(C)(C)N1CCC(n2cc([C@@H](Nc3cc(Cl)c4ncc(C#N)c(Nc5ccc(F)c(OC(F)(F)F)c5)c4c3)c3ccccc3)nn2)CC1. The third-order valence-corrected chi connectivity index (χ3v) is 8.81. The molecule has 1 fully saturated rings. The fourth-order valence-electron chi connectivity index (χ4n) is 6.03. The first-order valence-electron chi connectivity index (χ1n) is 15.6. The van der Waals surface area contributed by atoms with Gasteiger partial charge in [-0.05, 0) is 63.4 Å². The number of nitrogens with zero attached hydrogens (tertiary/aromatic N) is 6. The van der Waals surface area contributed by atoms with Crippen molar-refractivity contribution >= 4 is 39.6 Å². The zero-order valence-corrected chi connectivity index (χ0v) is 27.6. The van der Waals surface area contributed by atoms with Gasteiger partial charge >= 0.3 is 6.36 Å². The number of halogens is 5. The Labute approximate surface area is 285 Å². The van der Waals surface area contributed by atoms with Gasteiger partial charge in [-0.25, -0.2) is 9.07 Å². The van der Waals surface area contributed by atoms with E-state index in [9.17, 15) is 22.8 Å². The third-order valence-electron chi connectivity index (χ3n) is 8.53. The highest BCUT2D eigenvalue weighted by atomic mass is 35.5. The molecule has 2 N–H and O–H groups in total. The number of nitriles is 1. The van der Waals surface area contributed by atoms with Gasteiger partial charge in [0.1, 0.15) is 11.8 Å². The lowest BCUT2D eigenvalue weighted by atomic mass is 9.98. The number of pyridine rings is 1. The lowest BCUT2D eigenvalue weighted by molar-refractivity contribution is -0.275. The van der Waals surface area contributed by atoms with Crippen LogP contribution in [0.15, 0.2) is 73.1 Å². The molecule has 0 aliphatic carbocycles. The lowest BCUT2D eigenvalue weighted by Crippen LogP contribution is -2.46. The van der Waals surface area contributed by atoms with E-state index in [0.717, 1.165) is 43.6 Å². The minimum Gasteiger partial charge on any atom is -0.403 e. The number of hydrogen-bond donors (Lipinski definition) is 2. The number of benzene rings is 3. The van der Waals surface area contributed by atoms with Crippen LogP contribution in [0.2, 0.25) is 5.02 Å². The molecule has 3 aromatic carbocycles. The van der Waals surface area contributed by atoms with Crippen LogP contribution in [-0.4, -0.2) is 49.9 Å². The summed E-state index contributed by atoms with van der Waals surface area (Å²) in [6, 6.07) is 17.9. The number of piperidine rings is 1. The number of nitrogens with one attached hydrogen (secondary N) is 2. The Kier molecular flexibility index (Phi) is 9.37. The van der Waals surface area contributed by atoms with E-state index in [2.05, 4.69) is 62.4 Å². The minimum absolute atomic E-state index is 0.0474. The van der Waals surface area contributed by atoms with Gasteiger partial charge in [-0.3, -0.25) is 9.88 Å². The van der Waals surface area contributed by atoms with Gasteiger partial charge in [-0.1, -0.05) is 47.1 Å². The average Bonchev–Trinajstić information content (AvgIpc) is 3.55. The van der Waals surface area contributed by atoms with E-state index in [1.807, 2.05) is 41.2 Å². The van der Waals surface area contributed by atoms with Crippen LogP contribution in [0.1, 0.15) is 62.5 Å². The van der Waals surface area contributed by atoms with Crippen LogP contribution >= 0.6 is 11.6 Å². The molecule has 0 unspecified atom stereocenters. The summed E-state index contributed by atoms with van der Waals surface area (Å²) in [4.78, 5) is 6.83. The monoisotopic (exact) mass is 692 g/mol. The van der Waals surface area contributed by atoms with E-state index in [1.165, 1.54) is 12.3 Å². The standard InChI is InChI=1S/C35H33ClF4N8O/c1-34(2,3)47-13-11-25(12-14-47)48-20-29(45-46-48)32(21-7-5-4-6-8-21)44-24-15-26-31(22(18-41)19-42-33(26)27(36)16-24)43-23-9-10-28(37)30(17-23)49-35(38,39)40/h4-10,15-17,19-20,25,32,44H,11-14H2,1-3H3,(H,42,43)/t32-/m0/s1. The van der Waals surface area contributed by atoms with Gasteiger partial charge in [-0.15, -0.1) is 18.3 Å². The molecule has 1 atom stereocenters. The first-order valence-corrected chi connectivity index (χ1v) is 16.0. The summed E-state index contributed by atoms with van der Waals surface area (Å²) in [6.07, 6.45) is 0.0656. The van der Waals surface area contributed by atoms with E-state index >= 15 is 0 Å². The Hall–Kier alpha value is -4.93. The molecule has 0 amide bonds. The molecule has 1 aliphatic rings. The first-order chi connectivity index (χ1) is 23.3. The Balaban J connectivity index is 1.34. The molecule has 6 rings (SSSR count). The molecule has 49 heavy (non-hydrogen) atoms. The molecular formula is C35H33ClF4N8O. The zero-order chi connectivity index (χ0) is 34.9. The van der Waals surface area contributed by atoms with Crippen LogP contribution < -0.4 is 15.4 Å². The highest BCUT2D eigenvalue weighted by molar-refractivity contribution is 6.36. The molecule has 2 aromatic heterocycles. The second-order valence-corrected chi connectivity index (χ2v) is 13.2. The number of anilines is 3. The van der Waals surface area contributed by atoms with E-state index in [0.29, 0.717) is 22.3 Å². The molecule has 0 spiro atoms. The Bertz CT molecular complexity index is 2000. The van der Waals surface area contributed by atoms with Gasteiger partial charge in [0, 0.05) is 47.7 Å². The van der Waals surface area contributed by atoms with Crippen molar-refractivity contribution in [3.05, 3.63) is 101 Å². The Morgan fingerprint density at radius 1 is 1.02 bits per heavy atom.